The first-order valence-electron chi connectivity index (χ1n) is 9.34. The maximum atomic E-state index is 12.4. The van der Waals surface area contributed by atoms with E-state index in [9.17, 15) is 9.59 Å². The predicted molar refractivity (Wildman–Crippen MR) is 102 cm³/mol. The fraction of sp³-hybridized carbons (Fsp3) is 0.450. The molecule has 0 unspecified atom stereocenters. The normalized spacial score (nSPS) is 15.0. The van der Waals surface area contributed by atoms with E-state index in [0.717, 1.165) is 11.3 Å². The predicted octanol–water partition coefficient (Wildman–Crippen LogP) is 3.52. The number of amides is 2. The van der Waals surface area contributed by atoms with Crippen LogP contribution in [0.15, 0.2) is 36.4 Å². The molecule has 7 nitrogen and oxygen atoms in total. The number of piperidine rings is 1. The molecule has 0 atom stereocenters. The van der Waals surface area contributed by atoms with Gasteiger partial charge in [0.05, 0.1) is 0 Å². The molecule has 0 spiro atoms. The van der Waals surface area contributed by atoms with Crippen molar-refractivity contribution in [1.29, 1.82) is 0 Å². The SMILES string of the molecule is CC(C)c1cc(NC(=O)C2CCN(C(=O)OCc3ccccc3)CC2)n[nH]1. The smallest absolute Gasteiger partial charge is 0.410 e. The number of likely N-dealkylation sites (tertiary alicyclic amines) is 1. The number of nitrogens with zero attached hydrogens (tertiary/aromatic N) is 2. The molecule has 1 aliphatic heterocycles. The molecular weight excluding hydrogens is 344 g/mol. The number of rotatable bonds is 5. The maximum Gasteiger partial charge on any atom is 0.410 e. The molecule has 144 valence electrons. The van der Waals surface area contributed by atoms with Crippen LogP contribution in [0, 0.1) is 5.92 Å². The fourth-order valence-electron chi connectivity index (χ4n) is 3.06. The molecule has 0 aliphatic carbocycles. The van der Waals surface area contributed by atoms with Gasteiger partial charge in [-0.05, 0) is 24.3 Å². The van der Waals surface area contributed by atoms with Gasteiger partial charge in [0.2, 0.25) is 5.91 Å². The minimum absolute atomic E-state index is 0.0471. The minimum atomic E-state index is -0.327. The average molecular weight is 370 g/mol. The zero-order chi connectivity index (χ0) is 19.2. The molecule has 1 aromatic heterocycles. The molecule has 1 aromatic carbocycles. The van der Waals surface area contributed by atoms with Gasteiger partial charge in [-0.25, -0.2) is 4.79 Å². The molecule has 0 saturated carbocycles. The molecule has 0 bridgehead atoms. The standard InChI is InChI=1S/C20H26N4O3/c1-14(2)17-12-18(23-22-17)21-19(25)16-8-10-24(11-9-16)20(26)27-13-15-6-4-3-5-7-15/h3-7,12,14,16H,8-11,13H2,1-2H3,(H2,21,22,23,25). The van der Waals surface area contributed by atoms with Crippen molar-refractivity contribution in [3.05, 3.63) is 47.7 Å². The largest absolute Gasteiger partial charge is 0.445 e. The Balaban J connectivity index is 1.43. The Morgan fingerprint density at radius 2 is 1.96 bits per heavy atom. The summed E-state index contributed by atoms with van der Waals surface area (Å²) >= 11 is 0. The topological polar surface area (TPSA) is 87.3 Å². The Labute approximate surface area is 159 Å². The quantitative estimate of drug-likeness (QED) is 0.843. The number of aromatic amines is 1. The number of carbonyl (C=O) groups is 2. The number of H-pyrrole nitrogens is 1. The van der Waals surface area contributed by atoms with Gasteiger partial charge in [-0.2, -0.15) is 5.10 Å². The summed E-state index contributed by atoms with van der Waals surface area (Å²) in [5.74, 6) is 0.707. The van der Waals surface area contributed by atoms with Crippen LogP contribution in [-0.4, -0.2) is 40.2 Å². The summed E-state index contributed by atoms with van der Waals surface area (Å²) in [6.07, 6.45) is 0.910. The van der Waals surface area contributed by atoms with Gasteiger partial charge in [0.1, 0.15) is 6.61 Å². The van der Waals surface area contributed by atoms with Crippen molar-refractivity contribution < 1.29 is 14.3 Å². The van der Waals surface area contributed by atoms with Gasteiger partial charge in [0.15, 0.2) is 5.82 Å². The van der Waals surface area contributed by atoms with Gasteiger partial charge in [0, 0.05) is 30.8 Å². The first-order chi connectivity index (χ1) is 13.0. The number of ether oxygens (including phenoxy) is 1. The van der Waals surface area contributed by atoms with E-state index in [-0.39, 0.29) is 24.5 Å². The second-order valence-corrected chi connectivity index (χ2v) is 7.15. The molecule has 2 amide bonds. The number of hydrogen-bond acceptors (Lipinski definition) is 4. The molecular formula is C20H26N4O3. The summed E-state index contributed by atoms with van der Waals surface area (Å²) in [6.45, 7) is 5.42. The Kier molecular flexibility index (Phi) is 6.11. The van der Waals surface area contributed by atoms with E-state index in [2.05, 4.69) is 29.4 Å². The molecule has 0 radical (unpaired) electrons. The van der Waals surface area contributed by atoms with Gasteiger partial charge in [-0.1, -0.05) is 44.2 Å². The lowest BCUT2D eigenvalue weighted by atomic mass is 9.96. The first-order valence-corrected chi connectivity index (χ1v) is 9.34. The minimum Gasteiger partial charge on any atom is -0.445 e. The third kappa shape index (κ3) is 5.09. The van der Waals surface area contributed by atoms with E-state index in [4.69, 9.17) is 4.74 Å². The Morgan fingerprint density at radius 1 is 1.26 bits per heavy atom. The molecule has 27 heavy (non-hydrogen) atoms. The molecule has 1 saturated heterocycles. The van der Waals surface area contributed by atoms with Crippen LogP contribution in [0.2, 0.25) is 0 Å². The lowest BCUT2D eigenvalue weighted by Gasteiger charge is -2.30. The molecule has 2 heterocycles. The number of aromatic nitrogens is 2. The van der Waals surface area contributed by atoms with Crippen LogP contribution >= 0.6 is 0 Å². The summed E-state index contributed by atoms with van der Waals surface area (Å²) in [4.78, 5) is 26.3. The van der Waals surface area contributed by atoms with Crippen molar-refractivity contribution in [2.24, 2.45) is 5.92 Å². The highest BCUT2D eigenvalue weighted by atomic mass is 16.6. The van der Waals surface area contributed by atoms with Crippen LogP contribution in [-0.2, 0) is 16.1 Å². The number of hydrogen-bond donors (Lipinski definition) is 2. The van der Waals surface area contributed by atoms with Gasteiger partial charge in [-0.3, -0.25) is 9.89 Å². The van der Waals surface area contributed by atoms with E-state index < -0.39 is 0 Å². The van der Waals surface area contributed by atoms with Crippen molar-refractivity contribution in [1.82, 2.24) is 15.1 Å². The summed E-state index contributed by atoms with van der Waals surface area (Å²) in [5, 5.41) is 9.92. The van der Waals surface area contributed by atoms with E-state index in [1.165, 1.54) is 0 Å². The van der Waals surface area contributed by atoms with Crippen LogP contribution in [0.3, 0.4) is 0 Å². The molecule has 1 fully saturated rings. The third-order valence-corrected chi connectivity index (χ3v) is 4.80. The summed E-state index contributed by atoms with van der Waals surface area (Å²) in [6, 6.07) is 11.5. The van der Waals surface area contributed by atoms with Gasteiger partial charge < -0.3 is 15.0 Å². The number of anilines is 1. The van der Waals surface area contributed by atoms with E-state index in [0.29, 0.717) is 37.7 Å². The maximum absolute atomic E-state index is 12.4. The van der Waals surface area contributed by atoms with Gasteiger partial charge in [-0.15, -0.1) is 0 Å². The van der Waals surface area contributed by atoms with Gasteiger partial charge >= 0.3 is 6.09 Å². The van der Waals surface area contributed by atoms with Crippen LogP contribution in [0.4, 0.5) is 10.6 Å². The third-order valence-electron chi connectivity index (χ3n) is 4.80. The number of nitrogens with one attached hydrogen (secondary N) is 2. The average Bonchev–Trinajstić information content (AvgIpc) is 3.16. The highest BCUT2D eigenvalue weighted by Crippen LogP contribution is 2.21. The summed E-state index contributed by atoms with van der Waals surface area (Å²) in [7, 11) is 0. The number of benzene rings is 1. The zero-order valence-electron chi connectivity index (χ0n) is 15.8. The summed E-state index contributed by atoms with van der Waals surface area (Å²) < 4.78 is 5.36. The second kappa shape index (κ2) is 8.70. The van der Waals surface area contributed by atoms with Crippen LogP contribution < -0.4 is 5.32 Å². The van der Waals surface area contributed by atoms with Crippen molar-refractivity contribution in [2.45, 2.75) is 39.2 Å². The van der Waals surface area contributed by atoms with E-state index >= 15 is 0 Å². The van der Waals surface area contributed by atoms with Crippen molar-refractivity contribution >= 4 is 17.8 Å². The Bertz CT molecular complexity index is 765. The second-order valence-electron chi connectivity index (χ2n) is 7.15. The zero-order valence-corrected chi connectivity index (χ0v) is 15.8. The highest BCUT2D eigenvalue weighted by Gasteiger charge is 2.28. The molecule has 2 N–H and O–H groups in total. The molecule has 7 heteroatoms. The van der Waals surface area contributed by atoms with E-state index in [1.54, 1.807) is 4.90 Å². The monoisotopic (exact) mass is 370 g/mol. The van der Waals surface area contributed by atoms with Crippen LogP contribution in [0.25, 0.3) is 0 Å². The van der Waals surface area contributed by atoms with Gasteiger partial charge in [0.25, 0.3) is 0 Å². The lowest BCUT2D eigenvalue weighted by Crippen LogP contribution is -2.41. The van der Waals surface area contributed by atoms with Crippen molar-refractivity contribution in [2.75, 3.05) is 18.4 Å². The molecule has 1 aliphatic rings. The number of carbonyl (C=O) groups excluding carboxylic acids is 2. The lowest BCUT2D eigenvalue weighted by molar-refractivity contribution is -0.121. The first kappa shape index (κ1) is 18.9. The van der Waals surface area contributed by atoms with Crippen LogP contribution in [0.1, 0.15) is 43.9 Å². The van der Waals surface area contributed by atoms with Crippen molar-refractivity contribution in [3.8, 4) is 0 Å². The Morgan fingerprint density at radius 3 is 2.59 bits per heavy atom. The highest BCUT2D eigenvalue weighted by molar-refractivity contribution is 5.91. The van der Waals surface area contributed by atoms with Crippen LogP contribution in [0.5, 0.6) is 0 Å². The molecule has 2 aromatic rings. The summed E-state index contributed by atoms with van der Waals surface area (Å²) in [5.41, 5.74) is 1.95. The Hall–Kier alpha value is -2.83. The fourth-order valence-corrected chi connectivity index (χ4v) is 3.06. The van der Waals surface area contributed by atoms with E-state index in [1.807, 2.05) is 36.4 Å². The van der Waals surface area contributed by atoms with Crippen molar-refractivity contribution in [3.63, 3.8) is 0 Å². The molecule has 3 rings (SSSR count).